The number of ether oxygens (including phenoxy) is 1. The Hall–Kier alpha value is -3.69. The minimum Gasteiger partial charge on any atom is -0.472 e. The fourth-order valence-electron chi connectivity index (χ4n) is 1.56. The molecule has 0 aliphatic heterocycles. The highest BCUT2D eigenvalue weighted by Crippen LogP contribution is 2.23. The van der Waals surface area contributed by atoms with Gasteiger partial charge in [0.1, 0.15) is 12.9 Å². The lowest BCUT2D eigenvalue weighted by atomic mass is 10.2. The smallest absolute Gasteiger partial charge is 0.341 e. The average molecular weight is 440 g/mol. The van der Waals surface area contributed by atoms with E-state index in [0.717, 1.165) is 18.2 Å². The Morgan fingerprint density at radius 1 is 1.03 bits per heavy atom. The molecule has 2 aromatic rings. The van der Waals surface area contributed by atoms with Crippen molar-refractivity contribution in [1.29, 1.82) is 0 Å². The van der Waals surface area contributed by atoms with Gasteiger partial charge in [0.05, 0.1) is 27.7 Å². The topological polar surface area (TPSA) is 152 Å². The van der Waals surface area contributed by atoms with Crippen molar-refractivity contribution in [2.75, 3.05) is 0 Å². The van der Waals surface area contributed by atoms with E-state index in [1.807, 2.05) is 48.5 Å². The van der Waals surface area contributed by atoms with Crippen molar-refractivity contribution >= 4 is 17.3 Å². The predicted octanol–water partition coefficient (Wildman–Crippen LogP) is 6.01. The van der Waals surface area contributed by atoms with E-state index < -0.39 is 27.2 Å². The Morgan fingerprint density at radius 3 is 1.81 bits per heavy atom. The van der Waals surface area contributed by atoms with Crippen molar-refractivity contribution in [2.45, 2.75) is 55.1 Å². The Bertz CT molecular complexity index is 737. The number of hydrogen-bond donors (Lipinski definition) is 1. The number of hydrogen-bond acceptors (Lipinski definition) is 8. The lowest BCUT2D eigenvalue weighted by molar-refractivity contribution is -0.394. The van der Waals surface area contributed by atoms with Gasteiger partial charge in [0.15, 0.2) is 0 Å². The molecule has 0 aliphatic carbocycles. The quantitative estimate of drug-likeness (QED) is 0.337. The van der Waals surface area contributed by atoms with Gasteiger partial charge in [-0.1, -0.05) is 47.6 Å². The lowest BCUT2D eigenvalue weighted by Crippen LogP contribution is -2.04. The summed E-state index contributed by atoms with van der Waals surface area (Å²) in [5.41, 5.74) is 4.28. The standard InChI is InChI=1S/C12H8N2O7.C3H7N.3C2H6/c15-12(9-1-2-20-7-9)21-6-8-3-10(13(16)17)5-11(4-8)14(18)19;1-2-3-4;3*1-2/h1-5,7H,6H2;2-3H,4H2,1H3;3*1-2H3/b;3-2-;;;. The van der Waals surface area contributed by atoms with Crippen LogP contribution in [0.25, 0.3) is 0 Å². The maximum absolute atomic E-state index is 11.6. The van der Waals surface area contributed by atoms with Crippen LogP contribution in [0.15, 0.2) is 53.5 Å². The van der Waals surface area contributed by atoms with Crippen LogP contribution < -0.4 is 5.73 Å². The van der Waals surface area contributed by atoms with Gasteiger partial charge < -0.3 is 14.9 Å². The van der Waals surface area contributed by atoms with E-state index in [1.165, 1.54) is 24.8 Å². The molecule has 0 unspecified atom stereocenters. The number of nitro benzene ring substituents is 2. The molecule has 31 heavy (non-hydrogen) atoms. The first kappa shape index (κ1) is 32.0. The second-order valence-electron chi connectivity index (χ2n) is 4.49. The van der Waals surface area contributed by atoms with Crippen LogP contribution in [-0.2, 0) is 11.3 Å². The van der Waals surface area contributed by atoms with E-state index >= 15 is 0 Å². The molecule has 0 fully saturated rings. The van der Waals surface area contributed by atoms with Gasteiger partial charge in [-0.3, -0.25) is 20.2 Å². The van der Waals surface area contributed by atoms with Crippen LogP contribution in [0.1, 0.15) is 64.4 Å². The van der Waals surface area contributed by atoms with Crippen LogP contribution >= 0.6 is 0 Å². The molecule has 1 aromatic carbocycles. The molecule has 0 radical (unpaired) electrons. The lowest BCUT2D eigenvalue weighted by Gasteiger charge is -2.03. The Balaban J connectivity index is -0.000000676. The molecule has 0 aliphatic rings. The Kier molecular flexibility index (Phi) is 21.7. The number of rotatable bonds is 5. The SMILES string of the molecule is C/C=C\N.CC.CC.CC.O=C(OCc1cc([N+](=O)[O-])cc([N+](=O)[O-])c1)c1ccoc1. The van der Waals surface area contributed by atoms with E-state index in [4.69, 9.17) is 14.9 Å². The van der Waals surface area contributed by atoms with Gasteiger partial charge >= 0.3 is 5.97 Å². The van der Waals surface area contributed by atoms with Crippen molar-refractivity contribution in [3.63, 3.8) is 0 Å². The van der Waals surface area contributed by atoms with Crippen molar-refractivity contribution in [3.8, 4) is 0 Å². The number of nitrogens with zero attached hydrogens (tertiary/aromatic N) is 2. The van der Waals surface area contributed by atoms with Crippen LogP contribution in [0.5, 0.6) is 0 Å². The number of nitro groups is 2. The number of esters is 1. The molecule has 0 atom stereocenters. The highest BCUT2D eigenvalue weighted by atomic mass is 16.6. The number of furan rings is 1. The van der Waals surface area contributed by atoms with E-state index in [0.29, 0.717) is 0 Å². The van der Waals surface area contributed by atoms with E-state index in [1.54, 1.807) is 6.08 Å². The molecular weight excluding hydrogens is 406 g/mol. The maximum Gasteiger partial charge on any atom is 0.341 e. The van der Waals surface area contributed by atoms with E-state index in [2.05, 4.69) is 0 Å². The molecule has 0 bridgehead atoms. The number of carbonyl (C=O) groups excluding carboxylic acids is 1. The first-order chi connectivity index (χ1) is 14.9. The van der Waals surface area contributed by atoms with Gasteiger partial charge in [0.25, 0.3) is 11.4 Å². The van der Waals surface area contributed by atoms with Gasteiger partial charge in [-0.2, -0.15) is 0 Å². The molecule has 0 spiro atoms. The maximum atomic E-state index is 11.6. The number of nitrogens with two attached hydrogens (primary N) is 1. The minimum absolute atomic E-state index is 0.146. The fraction of sp³-hybridized carbons (Fsp3) is 0.381. The molecule has 2 N–H and O–H groups in total. The third-order valence-corrected chi connectivity index (χ3v) is 2.70. The molecule has 174 valence electrons. The molecule has 0 amide bonds. The normalized spacial score (nSPS) is 8.61. The molecule has 0 saturated carbocycles. The third-order valence-electron chi connectivity index (χ3n) is 2.70. The van der Waals surface area contributed by atoms with Gasteiger partial charge in [0, 0.05) is 17.7 Å². The van der Waals surface area contributed by atoms with Crippen LogP contribution in [-0.4, -0.2) is 15.8 Å². The summed E-state index contributed by atoms with van der Waals surface area (Å²) < 4.78 is 9.61. The summed E-state index contributed by atoms with van der Waals surface area (Å²) in [6.45, 7) is 13.5. The number of allylic oxidation sites excluding steroid dienone is 1. The highest BCUT2D eigenvalue weighted by molar-refractivity contribution is 5.88. The van der Waals surface area contributed by atoms with Crippen LogP contribution in [0, 0.1) is 20.2 Å². The fourth-order valence-corrected chi connectivity index (χ4v) is 1.56. The Labute approximate surface area is 183 Å². The van der Waals surface area contributed by atoms with E-state index in [9.17, 15) is 25.0 Å². The highest BCUT2D eigenvalue weighted by Gasteiger charge is 2.17. The summed E-state index contributed by atoms with van der Waals surface area (Å²) in [6.07, 6.45) is 5.74. The molecule has 1 heterocycles. The summed E-state index contributed by atoms with van der Waals surface area (Å²) in [7, 11) is 0. The molecule has 10 heteroatoms. The monoisotopic (exact) mass is 439 g/mol. The summed E-state index contributed by atoms with van der Waals surface area (Å²) >= 11 is 0. The summed E-state index contributed by atoms with van der Waals surface area (Å²) in [4.78, 5) is 31.5. The zero-order valence-corrected chi connectivity index (χ0v) is 19.2. The molecular formula is C21H33N3O7. The summed E-state index contributed by atoms with van der Waals surface area (Å²) in [6, 6.07) is 4.44. The second kappa shape index (κ2) is 21.0. The number of non-ortho nitro benzene ring substituents is 2. The molecule has 0 saturated heterocycles. The van der Waals surface area contributed by atoms with Crippen molar-refractivity contribution < 1.29 is 23.8 Å². The molecule has 2 rings (SSSR count). The third kappa shape index (κ3) is 14.0. The predicted molar refractivity (Wildman–Crippen MR) is 121 cm³/mol. The first-order valence-corrected chi connectivity index (χ1v) is 9.84. The number of benzene rings is 1. The zero-order chi connectivity index (χ0) is 24.8. The van der Waals surface area contributed by atoms with Crippen LogP contribution in [0.2, 0.25) is 0 Å². The largest absolute Gasteiger partial charge is 0.472 e. The summed E-state index contributed by atoms with van der Waals surface area (Å²) in [5.74, 6) is -0.696. The molecule has 1 aromatic heterocycles. The van der Waals surface area contributed by atoms with Crippen molar-refractivity contribution in [2.24, 2.45) is 5.73 Å². The Morgan fingerprint density at radius 2 is 1.48 bits per heavy atom. The van der Waals surface area contributed by atoms with Gasteiger partial charge in [0.2, 0.25) is 0 Å². The zero-order valence-electron chi connectivity index (χ0n) is 19.2. The first-order valence-electron chi connectivity index (χ1n) is 9.84. The molecule has 10 nitrogen and oxygen atoms in total. The van der Waals surface area contributed by atoms with Crippen molar-refractivity contribution in [1.82, 2.24) is 0 Å². The summed E-state index contributed by atoms with van der Waals surface area (Å²) in [5, 5.41) is 21.4. The second-order valence-corrected chi connectivity index (χ2v) is 4.49. The van der Waals surface area contributed by atoms with Gasteiger partial charge in [-0.25, -0.2) is 4.79 Å². The average Bonchev–Trinajstić information content (AvgIpc) is 3.36. The van der Waals surface area contributed by atoms with Gasteiger partial charge in [-0.15, -0.1) is 0 Å². The van der Waals surface area contributed by atoms with Crippen LogP contribution in [0.4, 0.5) is 11.4 Å². The van der Waals surface area contributed by atoms with Crippen molar-refractivity contribution in [3.05, 3.63) is 80.4 Å². The minimum atomic E-state index is -0.756. The van der Waals surface area contributed by atoms with E-state index in [-0.39, 0.29) is 17.7 Å². The van der Waals surface area contributed by atoms with Crippen LogP contribution in [0.3, 0.4) is 0 Å². The van der Waals surface area contributed by atoms with Gasteiger partial charge in [-0.05, 0) is 19.2 Å². The number of carbonyl (C=O) groups is 1.